The lowest BCUT2D eigenvalue weighted by molar-refractivity contribution is 0.0726. The van der Waals surface area contributed by atoms with Crippen molar-refractivity contribution in [2.24, 2.45) is 12.1 Å². The van der Waals surface area contributed by atoms with Crippen LogP contribution >= 0.6 is 27.5 Å². The Labute approximate surface area is 174 Å². The van der Waals surface area contributed by atoms with Crippen LogP contribution in [0, 0.1) is 0 Å². The molecule has 0 aliphatic heterocycles. The molecule has 0 unspecified atom stereocenters. The highest BCUT2D eigenvalue weighted by molar-refractivity contribution is 9.10. The van der Waals surface area contributed by atoms with Gasteiger partial charge >= 0.3 is 5.97 Å². The van der Waals surface area contributed by atoms with E-state index in [0.717, 1.165) is 0 Å². The van der Waals surface area contributed by atoms with E-state index in [1.54, 1.807) is 61.8 Å². The lowest BCUT2D eigenvalue weighted by Crippen LogP contribution is -2.17. The van der Waals surface area contributed by atoms with E-state index in [4.69, 9.17) is 16.3 Å². The number of ether oxygens (including phenoxy) is 1. The third-order valence-electron chi connectivity index (χ3n) is 3.57. The number of amides is 1. The van der Waals surface area contributed by atoms with Gasteiger partial charge in [-0.25, -0.2) is 10.2 Å². The van der Waals surface area contributed by atoms with Crippen LogP contribution in [0.15, 0.2) is 64.3 Å². The smallest absolute Gasteiger partial charge is 0.365 e. The van der Waals surface area contributed by atoms with Gasteiger partial charge in [-0.15, -0.1) is 0 Å². The maximum absolute atomic E-state index is 12.1. The molecule has 3 rings (SSSR count). The zero-order valence-corrected chi connectivity index (χ0v) is 16.9. The Balaban J connectivity index is 1.59. The zero-order chi connectivity index (χ0) is 20.1. The second-order valence-electron chi connectivity index (χ2n) is 5.64. The van der Waals surface area contributed by atoms with Crippen LogP contribution in [0.5, 0.6) is 5.75 Å². The first-order valence-corrected chi connectivity index (χ1v) is 9.20. The molecule has 0 radical (unpaired) electrons. The van der Waals surface area contributed by atoms with Crippen molar-refractivity contribution in [3.8, 4) is 5.75 Å². The second kappa shape index (κ2) is 8.81. The fourth-order valence-corrected chi connectivity index (χ4v) is 3.01. The van der Waals surface area contributed by atoms with Crippen molar-refractivity contribution in [3.63, 3.8) is 0 Å². The van der Waals surface area contributed by atoms with E-state index in [2.05, 4.69) is 31.6 Å². The molecule has 0 atom stereocenters. The first-order valence-electron chi connectivity index (χ1n) is 8.03. The molecule has 1 amide bonds. The summed E-state index contributed by atoms with van der Waals surface area (Å²) >= 11 is 9.23. The summed E-state index contributed by atoms with van der Waals surface area (Å²) in [6.45, 7) is 0. The fraction of sp³-hybridized carbons (Fsp3) is 0.0526. The summed E-state index contributed by atoms with van der Waals surface area (Å²) in [5.41, 5.74) is 3.64. The Kier molecular flexibility index (Phi) is 6.23. The van der Waals surface area contributed by atoms with Crippen molar-refractivity contribution in [1.82, 2.24) is 15.2 Å². The van der Waals surface area contributed by atoms with Crippen LogP contribution in [0.2, 0.25) is 5.02 Å². The summed E-state index contributed by atoms with van der Waals surface area (Å²) in [5, 5.41) is 8.29. The Bertz CT molecular complexity index is 1050. The maximum atomic E-state index is 12.1. The number of carbonyl (C=O) groups is 2. The van der Waals surface area contributed by atoms with Gasteiger partial charge in [0, 0.05) is 13.2 Å². The monoisotopic (exact) mass is 460 g/mol. The van der Waals surface area contributed by atoms with E-state index in [1.807, 2.05) is 0 Å². The molecule has 2 aromatic carbocycles. The molecule has 0 spiro atoms. The minimum Gasteiger partial charge on any atom is -0.422 e. The van der Waals surface area contributed by atoms with Gasteiger partial charge in [-0.3, -0.25) is 9.48 Å². The van der Waals surface area contributed by atoms with Crippen LogP contribution in [-0.2, 0) is 7.05 Å². The van der Waals surface area contributed by atoms with Crippen LogP contribution in [0.25, 0.3) is 0 Å². The highest BCUT2D eigenvalue weighted by Crippen LogP contribution is 2.18. The number of carbonyl (C=O) groups excluding carboxylic acids is 2. The largest absolute Gasteiger partial charge is 0.422 e. The molecule has 0 aliphatic carbocycles. The molecular formula is C19H14BrClN4O3. The summed E-state index contributed by atoms with van der Waals surface area (Å²) in [6.07, 6.45) is 3.13. The molecule has 1 N–H and O–H groups in total. The highest BCUT2D eigenvalue weighted by atomic mass is 79.9. The van der Waals surface area contributed by atoms with Gasteiger partial charge in [-0.05, 0) is 57.9 Å². The number of esters is 1. The van der Waals surface area contributed by atoms with Gasteiger partial charge in [-0.2, -0.15) is 10.2 Å². The first kappa shape index (κ1) is 19.8. The van der Waals surface area contributed by atoms with E-state index in [1.165, 1.54) is 10.9 Å². The van der Waals surface area contributed by atoms with Crippen molar-refractivity contribution < 1.29 is 14.3 Å². The van der Waals surface area contributed by atoms with Gasteiger partial charge in [0.1, 0.15) is 5.75 Å². The summed E-state index contributed by atoms with van der Waals surface area (Å²) in [5.74, 6) is -0.617. The van der Waals surface area contributed by atoms with E-state index in [9.17, 15) is 9.59 Å². The molecule has 0 fully saturated rings. The lowest BCUT2D eigenvalue weighted by Gasteiger charge is -2.03. The summed E-state index contributed by atoms with van der Waals surface area (Å²) in [4.78, 5) is 24.1. The quantitative estimate of drug-likeness (QED) is 0.271. The number of halogens is 2. The Morgan fingerprint density at radius 1 is 1.21 bits per heavy atom. The molecule has 7 nitrogen and oxygen atoms in total. The average molecular weight is 462 g/mol. The van der Waals surface area contributed by atoms with E-state index in [0.29, 0.717) is 26.4 Å². The number of hydrogen-bond donors (Lipinski definition) is 1. The van der Waals surface area contributed by atoms with Gasteiger partial charge in [-0.1, -0.05) is 23.7 Å². The van der Waals surface area contributed by atoms with Gasteiger partial charge in [0.25, 0.3) is 5.91 Å². The molecular weight excluding hydrogens is 448 g/mol. The molecule has 0 saturated carbocycles. The summed E-state index contributed by atoms with van der Waals surface area (Å²) < 4.78 is 7.35. The fourth-order valence-electron chi connectivity index (χ4n) is 2.25. The topological polar surface area (TPSA) is 85.6 Å². The average Bonchev–Trinajstić information content (AvgIpc) is 3.01. The SMILES string of the molecule is Cn1cc(Br)c(C(=O)Oc2ccc(C=NNC(=O)c3ccccc3Cl)cc2)n1. The molecule has 142 valence electrons. The normalized spacial score (nSPS) is 10.8. The number of nitrogens with zero attached hydrogens (tertiary/aromatic N) is 3. The van der Waals surface area contributed by atoms with Crippen LogP contribution in [-0.4, -0.2) is 27.9 Å². The van der Waals surface area contributed by atoms with Crippen molar-refractivity contribution in [2.75, 3.05) is 0 Å². The van der Waals surface area contributed by atoms with Crippen molar-refractivity contribution >= 4 is 45.6 Å². The molecule has 0 saturated heterocycles. The minimum atomic E-state index is -0.569. The lowest BCUT2D eigenvalue weighted by atomic mass is 10.2. The standard InChI is InChI=1S/C19H14BrClN4O3/c1-25-11-15(20)17(24-25)19(27)28-13-8-6-12(7-9-13)10-22-23-18(26)14-4-2-3-5-16(14)21/h2-11H,1H3,(H,23,26). The van der Waals surface area contributed by atoms with E-state index in [-0.39, 0.29) is 5.69 Å². The van der Waals surface area contributed by atoms with Gasteiger partial charge in [0.2, 0.25) is 0 Å². The number of rotatable bonds is 5. The van der Waals surface area contributed by atoms with Crippen LogP contribution in [0.1, 0.15) is 26.4 Å². The van der Waals surface area contributed by atoms with Gasteiger partial charge < -0.3 is 4.74 Å². The number of benzene rings is 2. The molecule has 0 bridgehead atoms. The third kappa shape index (κ3) is 4.85. The predicted molar refractivity (Wildman–Crippen MR) is 109 cm³/mol. The van der Waals surface area contributed by atoms with Gasteiger partial charge in [0.15, 0.2) is 5.69 Å². The number of hydrogen-bond acceptors (Lipinski definition) is 5. The Morgan fingerprint density at radius 3 is 2.57 bits per heavy atom. The molecule has 0 aliphatic rings. The Morgan fingerprint density at radius 2 is 1.93 bits per heavy atom. The zero-order valence-electron chi connectivity index (χ0n) is 14.6. The number of aryl methyl sites for hydroxylation is 1. The minimum absolute atomic E-state index is 0.190. The molecule has 9 heteroatoms. The highest BCUT2D eigenvalue weighted by Gasteiger charge is 2.16. The summed E-state index contributed by atoms with van der Waals surface area (Å²) in [6, 6.07) is 13.3. The van der Waals surface area contributed by atoms with Crippen molar-refractivity contribution in [3.05, 3.63) is 81.0 Å². The number of hydrazone groups is 1. The molecule has 3 aromatic rings. The predicted octanol–water partition coefficient (Wildman–Crippen LogP) is 3.82. The molecule has 1 aromatic heterocycles. The second-order valence-corrected chi connectivity index (χ2v) is 6.90. The van der Waals surface area contributed by atoms with Crippen LogP contribution in [0.3, 0.4) is 0 Å². The number of nitrogens with one attached hydrogen (secondary N) is 1. The van der Waals surface area contributed by atoms with Crippen molar-refractivity contribution in [1.29, 1.82) is 0 Å². The number of aromatic nitrogens is 2. The first-order chi connectivity index (χ1) is 13.4. The van der Waals surface area contributed by atoms with Crippen molar-refractivity contribution in [2.45, 2.75) is 0 Å². The molecule has 1 heterocycles. The van der Waals surface area contributed by atoms with E-state index < -0.39 is 11.9 Å². The summed E-state index contributed by atoms with van der Waals surface area (Å²) in [7, 11) is 1.71. The Hall–Kier alpha value is -2.97. The molecule has 28 heavy (non-hydrogen) atoms. The maximum Gasteiger partial charge on any atom is 0.365 e. The third-order valence-corrected chi connectivity index (χ3v) is 4.48. The van der Waals surface area contributed by atoms with Gasteiger partial charge in [0.05, 0.1) is 21.3 Å². The van der Waals surface area contributed by atoms with Crippen LogP contribution in [0.4, 0.5) is 0 Å². The van der Waals surface area contributed by atoms with Crippen LogP contribution < -0.4 is 10.2 Å². The van der Waals surface area contributed by atoms with E-state index >= 15 is 0 Å².